The first-order valence-electron chi connectivity index (χ1n) is 9.10. The van der Waals surface area contributed by atoms with Crippen LogP contribution < -0.4 is 14.8 Å². The van der Waals surface area contributed by atoms with E-state index in [2.05, 4.69) is 10.0 Å². The van der Waals surface area contributed by atoms with Crippen molar-refractivity contribution in [2.75, 3.05) is 20.3 Å². The van der Waals surface area contributed by atoms with Gasteiger partial charge in [-0.1, -0.05) is 18.2 Å². The summed E-state index contributed by atoms with van der Waals surface area (Å²) >= 11 is 0. The predicted molar refractivity (Wildman–Crippen MR) is 105 cm³/mol. The first kappa shape index (κ1) is 20.3. The van der Waals surface area contributed by atoms with Gasteiger partial charge in [-0.2, -0.15) is 0 Å². The number of nitrogens with one attached hydrogen (secondary N) is 2. The lowest BCUT2D eigenvalue weighted by atomic mass is 10.1. The molecule has 2 aromatic rings. The van der Waals surface area contributed by atoms with E-state index in [1.165, 1.54) is 19.2 Å². The molecular weight excluding hydrogens is 380 g/mol. The minimum absolute atomic E-state index is 0.0919. The molecule has 0 saturated carbocycles. The smallest absolute Gasteiger partial charge is 0.251 e. The molecule has 2 N–H and O–H groups in total. The van der Waals surface area contributed by atoms with Gasteiger partial charge < -0.3 is 14.8 Å². The Kier molecular flexibility index (Phi) is 6.66. The Balaban J connectivity index is 1.55. The highest BCUT2D eigenvalue weighted by molar-refractivity contribution is 7.89. The van der Waals surface area contributed by atoms with Gasteiger partial charge in [0.05, 0.1) is 18.1 Å². The molecule has 1 aliphatic rings. The van der Waals surface area contributed by atoms with Crippen molar-refractivity contribution in [3.63, 3.8) is 0 Å². The van der Waals surface area contributed by atoms with Crippen LogP contribution in [-0.4, -0.2) is 40.7 Å². The summed E-state index contributed by atoms with van der Waals surface area (Å²) < 4.78 is 37.9. The number of benzene rings is 2. The fourth-order valence-corrected chi connectivity index (χ4v) is 3.97. The lowest BCUT2D eigenvalue weighted by Gasteiger charge is -2.11. The second-order valence-corrected chi connectivity index (χ2v) is 8.31. The third-order valence-electron chi connectivity index (χ3n) is 4.55. The molecular formula is C20H24N2O5S. The van der Waals surface area contributed by atoms with Crippen molar-refractivity contribution in [2.45, 2.75) is 30.4 Å². The van der Waals surface area contributed by atoms with E-state index in [1.54, 1.807) is 36.4 Å². The van der Waals surface area contributed by atoms with Crippen LogP contribution in [0.5, 0.6) is 5.75 Å². The van der Waals surface area contributed by atoms with Gasteiger partial charge in [0.1, 0.15) is 5.75 Å². The molecule has 0 aliphatic carbocycles. The van der Waals surface area contributed by atoms with Crippen LogP contribution >= 0.6 is 0 Å². The minimum atomic E-state index is -3.66. The molecule has 0 unspecified atom stereocenters. The van der Waals surface area contributed by atoms with E-state index in [-0.39, 0.29) is 23.5 Å². The number of methoxy groups -OCH3 is 1. The summed E-state index contributed by atoms with van der Waals surface area (Å²) in [4.78, 5) is 12.3. The first-order chi connectivity index (χ1) is 13.5. The summed E-state index contributed by atoms with van der Waals surface area (Å²) in [7, 11) is -2.18. The SMILES string of the molecule is COc1cccc(S(=O)(=O)NCc2ccc(C(=O)NC[C@@H]3CCCO3)cc2)c1. The van der Waals surface area contributed by atoms with Crippen LogP contribution in [0.25, 0.3) is 0 Å². The van der Waals surface area contributed by atoms with Crippen LogP contribution in [0.3, 0.4) is 0 Å². The molecule has 1 heterocycles. The number of carbonyl (C=O) groups is 1. The summed E-state index contributed by atoms with van der Waals surface area (Å²) in [6.45, 7) is 1.37. The van der Waals surface area contributed by atoms with Gasteiger partial charge in [0, 0.05) is 31.3 Å². The van der Waals surface area contributed by atoms with Gasteiger partial charge in [-0.25, -0.2) is 13.1 Å². The average molecular weight is 404 g/mol. The zero-order chi connectivity index (χ0) is 20.0. The lowest BCUT2D eigenvalue weighted by Crippen LogP contribution is -2.31. The molecule has 7 nitrogen and oxygen atoms in total. The third kappa shape index (κ3) is 5.31. The number of rotatable bonds is 8. The molecule has 1 saturated heterocycles. The van der Waals surface area contributed by atoms with Crippen LogP contribution in [0.4, 0.5) is 0 Å². The van der Waals surface area contributed by atoms with Crippen LogP contribution in [0, 0.1) is 0 Å². The lowest BCUT2D eigenvalue weighted by molar-refractivity contribution is 0.0858. The summed E-state index contributed by atoms with van der Waals surface area (Å²) in [6.07, 6.45) is 2.09. The van der Waals surface area contributed by atoms with Crippen molar-refractivity contribution >= 4 is 15.9 Å². The highest BCUT2D eigenvalue weighted by Crippen LogP contribution is 2.17. The maximum Gasteiger partial charge on any atom is 0.251 e. The second-order valence-electron chi connectivity index (χ2n) is 6.55. The monoisotopic (exact) mass is 404 g/mol. The number of sulfonamides is 1. The number of hydrogen-bond donors (Lipinski definition) is 2. The Hall–Kier alpha value is -2.42. The number of hydrogen-bond acceptors (Lipinski definition) is 5. The Morgan fingerprint density at radius 3 is 2.68 bits per heavy atom. The van der Waals surface area contributed by atoms with Gasteiger partial charge in [0.25, 0.3) is 5.91 Å². The van der Waals surface area contributed by atoms with Crippen molar-refractivity contribution < 1.29 is 22.7 Å². The van der Waals surface area contributed by atoms with Crippen LogP contribution in [-0.2, 0) is 21.3 Å². The van der Waals surface area contributed by atoms with Crippen molar-refractivity contribution in [3.05, 3.63) is 59.7 Å². The quantitative estimate of drug-likeness (QED) is 0.703. The molecule has 150 valence electrons. The predicted octanol–water partition coefficient (Wildman–Crippen LogP) is 2.08. The molecule has 8 heteroatoms. The summed E-state index contributed by atoms with van der Waals surface area (Å²) in [6, 6.07) is 13.1. The zero-order valence-electron chi connectivity index (χ0n) is 15.7. The molecule has 0 spiro atoms. The van der Waals surface area contributed by atoms with E-state index < -0.39 is 10.0 Å². The molecule has 1 aliphatic heterocycles. The highest BCUT2D eigenvalue weighted by Gasteiger charge is 2.17. The van der Waals surface area contributed by atoms with Crippen molar-refractivity contribution in [3.8, 4) is 5.75 Å². The fourth-order valence-electron chi connectivity index (χ4n) is 2.92. The third-order valence-corrected chi connectivity index (χ3v) is 5.95. The molecule has 1 amide bonds. The highest BCUT2D eigenvalue weighted by atomic mass is 32.2. The normalized spacial score (nSPS) is 16.7. The number of carbonyl (C=O) groups excluding carboxylic acids is 1. The molecule has 0 bridgehead atoms. The van der Waals surface area contributed by atoms with Crippen molar-refractivity contribution in [2.24, 2.45) is 0 Å². The summed E-state index contributed by atoms with van der Waals surface area (Å²) in [5.41, 5.74) is 1.28. The Morgan fingerprint density at radius 2 is 2.00 bits per heavy atom. The molecule has 1 fully saturated rings. The maximum atomic E-state index is 12.4. The fraction of sp³-hybridized carbons (Fsp3) is 0.350. The van der Waals surface area contributed by atoms with Gasteiger partial charge in [-0.15, -0.1) is 0 Å². The molecule has 1 atom stereocenters. The van der Waals surface area contributed by atoms with E-state index >= 15 is 0 Å². The minimum Gasteiger partial charge on any atom is -0.497 e. The number of ether oxygens (including phenoxy) is 2. The van der Waals surface area contributed by atoms with Crippen LogP contribution in [0.2, 0.25) is 0 Å². The maximum absolute atomic E-state index is 12.4. The van der Waals surface area contributed by atoms with Gasteiger partial charge in [-0.3, -0.25) is 4.79 Å². The number of amides is 1. The summed E-state index contributed by atoms with van der Waals surface area (Å²) in [5, 5.41) is 2.86. The van der Waals surface area contributed by atoms with Crippen LogP contribution in [0.15, 0.2) is 53.4 Å². The first-order valence-corrected chi connectivity index (χ1v) is 10.6. The van der Waals surface area contributed by atoms with E-state index in [0.29, 0.717) is 17.9 Å². The summed E-state index contributed by atoms with van der Waals surface area (Å²) in [5.74, 6) is 0.306. The van der Waals surface area contributed by atoms with E-state index in [1.807, 2.05) is 0 Å². The molecule has 2 aromatic carbocycles. The molecule has 28 heavy (non-hydrogen) atoms. The van der Waals surface area contributed by atoms with Gasteiger partial charge in [-0.05, 0) is 42.7 Å². The van der Waals surface area contributed by atoms with Gasteiger partial charge >= 0.3 is 0 Å². The Labute approximate surface area is 165 Å². The standard InChI is InChI=1S/C20H24N2O5S/c1-26-17-4-2-6-19(12-17)28(24,25)22-13-15-7-9-16(10-8-15)20(23)21-14-18-5-3-11-27-18/h2,4,6-10,12,18,22H,3,5,11,13-14H2,1H3,(H,21,23)/t18-/m0/s1. The van der Waals surface area contributed by atoms with Crippen molar-refractivity contribution in [1.29, 1.82) is 0 Å². The molecule has 3 rings (SSSR count). The largest absolute Gasteiger partial charge is 0.497 e. The average Bonchev–Trinajstić information content (AvgIpc) is 3.24. The van der Waals surface area contributed by atoms with Gasteiger partial charge in [0.2, 0.25) is 10.0 Å². The second kappa shape index (κ2) is 9.18. The molecule has 0 radical (unpaired) electrons. The van der Waals surface area contributed by atoms with Gasteiger partial charge in [0.15, 0.2) is 0 Å². The van der Waals surface area contributed by atoms with E-state index in [0.717, 1.165) is 25.0 Å². The van der Waals surface area contributed by atoms with E-state index in [9.17, 15) is 13.2 Å². The zero-order valence-corrected chi connectivity index (χ0v) is 16.5. The molecule has 0 aromatic heterocycles. The van der Waals surface area contributed by atoms with Crippen LogP contribution in [0.1, 0.15) is 28.8 Å². The topological polar surface area (TPSA) is 93.7 Å². The van der Waals surface area contributed by atoms with E-state index in [4.69, 9.17) is 9.47 Å². The Bertz CT molecular complexity index is 906. The Morgan fingerprint density at radius 1 is 1.21 bits per heavy atom. The van der Waals surface area contributed by atoms with Crippen molar-refractivity contribution in [1.82, 2.24) is 10.0 Å².